The van der Waals surface area contributed by atoms with Gasteiger partial charge in [-0.05, 0) is 17.7 Å². The van der Waals surface area contributed by atoms with E-state index in [9.17, 15) is 0 Å². The average molecular weight is 233 g/mol. The number of ether oxygens (including phenoxy) is 2. The van der Waals surface area contributed by atoms with Crippen molar-refractivity contribution in [3.8, 4) is 0 Å². The van der Waals surface area contributed by atoms with Crippen molar-refractivity contribution in [3.05, 3.63) is 33.8 Å². The maximum atomic E-state index is 5.93. The SMILES string of the molecule is COC1(c2ccc(Cl)c(Cl)c2)COC1. The second kappa shape index (κ2) is 3.70. The summed E-state index contributed by atoms with van der Waals surface area (Å²) in [4.78, 5) is 0. The number of halogens is 2. The average Bonchev–Trinajstić information content (AvgIpc) is 2.10. The summed E-state index contributed by atoms with van der Waals surface area (Å²) in [6, 6.07) is 5.52. The fourth-order valence-corrected chi connectivity index (χ4v) is 1.77. The first-order valence-electron chi connectivity index (χ1n) is 4.26. The molecule has 0 atom stereocenters. The molecule has 0 unspecified atom stereocenters. The Morgan fingerprint density at radius 1 is 1.29 bits per heavy atom. The highest BCUT2D eigenvalue weighted by Crippen LogP contribution is 2.35. The predicted octanol–water partition coefficient (Wildman–Crippen LogP) is 2.87. The van der Waals surface area contributed by atoms with Gasteiger partial charge in [-0.25, -0.2) is 0 Å². The van der Waals surface area contributed by atoms with E-state index in [0.717, 1.165) is 5.56 Å². The molecule has 14 heavy (non-hydrogen) atoms. The smallest absolute Gasteiger partial charge is 0.139 e. The molecule has 76 valence electrons. The van der Waals surface area contributed by atoms with E-state index in [1.807, 2.05) is 12.1 Å². The Hall–Kier alpha value is -0.280. The molecule has 0 aliphatic carbocycles. The molecule has 1 aliphatic rings. The van der Waals surface area contributed by atoms with Crippen molar-refractivity contribution >= 4 is 23.2 Å². The lowest BCUT2D eigenvalue weighted by atomic mass is 9.92. The Morgan fingerprint density at radius 3 is 2.43 bits per heavy atom. The zero-order valence-electron chi connectivity index (χ0n) is 7.72. The lowest BCUT2D eigenvalue weighted by Gasteiger charge is -2.40. The van der Waals surface area contributed by atoms with Gasteiger partial charge in [0.05, 0.1) is 23.3 Å². The van der Waals surface area contributed by atoms with Crippen LogP contribution in [-0.2, 0) is 15.1 Å². The van der Waals surface area contributed by atoms with Crippen LogP contribution in [0.1, 0.15) is 5.56 Å². The van der Waals surface area contributed by atoms with Crippen LogP contribution < -0.4 is 0 Å². The maximum Gasteiger partial charge on any atom is 0.139 e. The maximum absolute atomic E-state index is 5.93. The monoisotopic (exact) mass is 232 g/mol. The van der Waals surface area contributed by atoms with Crippen LogP contribution in [0.15, 0.2) is 18.2 Å². The van der Waals surface area contributed by atoms with Gasteiger partial charge in [0.2, 0.25) is 0 Å². The Morgan fingerprint density at radius 2 is 2.00 bits per heavy atom. The van der Waals surface area contributed by atoms with Gasteiger partial charge in [0, 0.05) is 7.11 Å². The molecule has 1 saturated heterocycles. The van der Waals surface area contributed by atoms with Crippen LogP contribution in [-0.4, -0.2) is 20.3 Å². The molecule has 1 aliphatic heterocycles. The van der Waals surface area contributed by atoms with Gasteiger partial charge in [-0.3, -0.25) is 0 Å². The minimum Gasteiger partial charge on any atom is -0.375 e. The van der Waals surface area contributed by atoms with E-state index >= 15 is 0 Å². The van der Waals surface area contributed by atoms with Crippen molar-refractivity contribution in [1.29, 1.82) is 0 Å². The molecule has 0 aromatic heterocycles. The third-order valence-corrected chi connectivity index (χ3v) is 3.25. The van der Waals surface area contributed by atoms with E-state index in [4.69, 9.17) is 32.7 Å². The van der Waals surface area contributed by atoms with Crippen LogP contribution >= 0.6 is 23.2 Å². The van der Waals surface area contributed by atoms with E-state index in [1.165, 1.54) is 0 Å². The van der Waals surface area contributed by atoms with Gasteiger partial charge in [0.25, 0.3) is 0 Å². The van der Waals surface area contributed by atoms with Crippen LogP contribution in [0.4, 0.5) is 0 Å². The van der Waals surface area contributed by atoms with Crippen LogP contribution in [0.5, 0.6) is 0 Å². The molecule has 0 spiro atoms. The van der Waals surface area contributed by atoms with Crippen LogP contribution in [0.25, 0.3) is 0 Å². The first-order chi connectivity index (χ1) is 6.68. The molecule has 0 radical (unpaired) electrons. The summed E-state index contributed by atoms with van der Waals surface area (Å²) in [6.45, 7) is 1.14. The normalized spacial score (nSPS) is 19.1. The van der Waals surface area contributed by atoms with E-state index in [0.29, 0.717) is 23.3 Å². The summed E-state index contributed by atoms with van der Waals surface area (Å²) in [6.07, 6.45) is 0. The van der Waals surface area contributed by atoms with Gasteiger partial charge in [-0.15, -0.1) is 0 Å². The summed E-state index contributed by atoms with van der Waals surface area (Å²) in [5.41, 5.74) is 0.689. The molecule has 1 heterocycles. The summed E-state index contributed by atoms with van der Waals surface area (Å²) in [5.74, 6) is 0. The van der Waals surface area contributed by atoms with Crippen LogP contribution in [0.3, 0.4) is 0 Å². The van der Waals surface area contributed by atoms with E-state index in [2.05, 4.69) is 0 Å². The Kier molecular flexibility index (Phi) is 2.71. The van der Waals surface area contributed by atoms with E-state index < -0.39 is 0 Å². The fourth-order valence-electron chi connectivity index (χ4n) is 1.47. The highest BCUT2D eigenvalue weighted by Gasteiger charge is 2.40. The fraction of sp³-hybridized carbons (Fsp3) is 0.400. The number of hydrogen-bond donors (Lipinski definition) is 0. The molecule has 1 fully saturated rings. The third-order valence-electron chi connectivity index (χ3n) is 2.51. The minimum absolute atomic E-state index is 0.325. The van der Waals surface area contributed by atoms with Gasteiger partial charge in [-0.2, -0.15) is 0 Å². The molecule has 1 aromatic carbocycles. The highest BCUT2D eigenvalue weighted by atomic mass is 35.5. The molecule has 0 amide bonds. The summed E-state index contributed by atoms with van der Waals surface area (Å²) in [5, 5.41) is 1.11. The molecule has 0 N–H and O–H groups in total. The quantitative estimate of drug-likeness (QED) is 0.781. The first-order valence-corrected chi connectivity index (χ1v) is 5.02. The van der Waals surface area contributed by atoms with Crippen molar-refractivity contribution in [2.45, 2.75) is 5.60 Å². The molecule has 0 saturated carbocycles. The summed E-state index contributed by atoms with van der Waals surface area (Å²) in [7, 11) is 1.67. The lowest BCUT2D eigenvalue weighted by Crippen LogP contribution is -2.48. The predicted molar refractivity (Wildman–Crippen MR) is 56.0 cm³/mol. The molecular formula is C10H10Cl2O2. The zero-order chi connectivity index (χ0) is 10.2. The Labute approximate surface area is 92.7 Å². The minimum atomic E-state index is -0.325. The standard InChI is InChI=1S/C10H10Cl2O2/c1-13-10(5-14-6-10)7-2-3-8(11)9(12)4-7/h2-4H,5-6H2,1H3. The first kappa shape index (κ1) is 10.2. The third kappa shape index (κ3) is 1.52. The number of rotatable bonds is 2. The lowest BCUT2D eigenvalue weighted by molar-refractivity contribution is -0.202. The van der Waals surface area contributed by atoms with Crippen LogP contribution in [0, 0.1) is 0 Å². The molecule has 0 bridgehead atoms. The van der Waals surface area contributed by atoms with Crippen molar-refractivity contribution in [2.24, 2.45) is 0 Å². The number of methoxy groups -OCH3 is 1. The van der Waals surface area contributed by atoms with Gasteiger partial charge in [-0.1, -0.05) is 29.3 Å². The topological polar surface area (TPSA) is 18.5 Å². The summed E-state index contributed by atoms with van der Waals surface area (Å²) >= 11 is 11.8. The molecule has 1 aromatic rings. The van der Waals surface area contributed by atoms with Gasteiger partial charge < -0.3 is 9.47 Å². The van der Waals surface area contributed by atoms with Gasteiger partial charge in [0.1, 0.15) is 5.60 Å². The van der Waals surface area contributed by atoms with Crippen molar-refractivity contribution in [1.82, 2.24) is 0 Å². The van der Waals surface area contributed by atoms with Gasteiger partial charge >= 0.3 is 0 Å². The van der Waals surface area contributed by atoms with Gasteiger partial charge in [0.15, 0.2) is 0 Å². The van der Waals surface area contributed by atoms with E-state index in [1.54, 1.807) is 13.2 Å². The highest BCUT2D eigenvalue weighted by molar-refractivity contribution is 6.42. The molecular weight excluding hydrogens is 223 g/mol. The largest absolute Gasteiger partial charge is 0.375 e. The Bertz CT molecular complexity index is 342. The molecule has 4 heteroatoms. The van der Waals surface area contributed by atoms with E-state index in [-0.39, 0.29) is 5.60 Å². The van der Waals surface area contributed by atoms with Crippen molar-refractivity contribution in [3.63, 3.8) is 0 Å². The Balaban J connectivity index is 2.36. The number of hydrogen-bond acceptors (Lipinski definition) is 2. The second-order valence-electron chi connectivity index (χ2n) is 3.32. The van der Waals surface area contributed by atoms with Crippen molar-refractivity contribution < 1.29 is 9.47 Å². The zero-order valence-corrected chi connectivity index (χ0v) is 9.23. The number of benzene rings is 1. The van der Waals surface area contributed by atoms with Crippen molar-refractivity contribution in [2.75, 3.05) is 20.3 Å². The molecule has 2 nitrogen and oxygen atoms in total. The van der Waals surface area contributed by atoms with Crippen LogP contribution in [0.2, 0.25) is 10.0 Å². The molecule has 2 rings (SSSR count). The summed E-state index contributed by atoms with van der Waals surface area (Å²) < 4.78 is 10.6. The second-order valence-corrected chi connectivity index (χ2v) is 4.13.